The Labute approximate surface area is 143 Å². The van der Waals surface area contributed by atoms with Crippen LogP contribution in [0.1, 0.15) is 12.0 Å². The summed E-state index contributed by atoms with van der Waals surface area (Å²) in [5.41, 5.74) is 0.716. The van der Waals surface area contributed by atoms with E-state index in [0.29, 0.717) is 18.5 Å². The van der Waals surface area contributed by atoms with E-state index < -0.39 is 16.2 Å². The molecule has 1 aromatic rings. The number of sulfone groups is 1. The molecular weight excluding hydrogens is 361 g/mol. The summed E-state index contributed by atoms with van der Waals surface area (Å²) in [6.45, 7) is 0.403. The van der Waals surface area contributed by atoms with Crippen molar-refractivity contribution in [3.05, 3.63) is 29.8 Å². The topological polar surface area (TPSA) is 75.7 Å². The van der Waals surface area contributed by atoms with Gasteiger partial charge in [-0.3, -0.25) is 9.69 Å². The molecule has 1 amide bonds. The van der Waals surface area contributed by atoms with Crippen LogP contribution in [0.4, 0.5) is 13.2 Å². The van der Waals surface area contributed by atoms with E-state index in [1.807, 2.05) is 0 Å². The minimum Gasteiger partial charge on any atom is -0.406 e. The SMILES string of the molecule is CN(CC(=O)NC1CCS(=O)(=O)C1)Cc1ccc(OC(F)(F)F)cc1. The van der Waals surface area contributed by atoms with Crippen molar-refractivity contribution >= 4 is 15.7 Å². The number of rotatable bonds is 6. The van der Waals surface area contributed by atoms with Crippen molar-refractivity contribution in [2.75, 3.05) is 25.1 Å². The molecule has 0 aromatic heterocycles. The molecule has 10 heteroatoms. The van der Waals surface area contributed by atoms with Gasteiger partial charge in [0, 0.05) is 12.6 Å². The monoisotopic (exact) mass is 380 g/mol. The van der Waals surface area contributed by atoms with Crippen LogP contribution in [0.25, 0.3) is 0 Å². The van der Waals surface area contributed by atoms with Crippen LogP contribution in [0, 0.1) is 0 Å². The third kappa shape index (κ3) is 6.91. The molecule has 1 heterocycles. The highest BCUT2D eigenvalue weighted by Gasteiger charge is 2.31. The van der Waals surface area contributed by atoms with Crippen molar-refractivity contribution in [2.24, 2.45) is 0 Å². The van der Waals surface area contributed by atoms with Crippen LogP contribution >= 0.6 is 0 Å². The summed E-state index contributed by atoms with van der Waals surface area (Å²) >= 11 is 0. The normalized spacial score (nSPS) is 19.8. The Morgan fingerprint density at radius 2 is 1.96 bits per heavy atom. The highest BCUT2D eigenvalue weighted by molar-refractivity contribution is 7.91. The summed E-state index contributed by atoms with van der Waals surface area (Å²) in [4.78, 5) is 13.6. The molecule has 0 spiro atoms. The number of amides is 1. The summed E-state index contributed by atoms with van der Waals surface area (Å²) < 4.78 is 62.8. The summed E-state index contributed by atoms with van der Waals surface area (Å²) in [6.07, 6.45) is -4.32. The van der Waals surface area contributed by atoms with E-state index in [0.717, 1.165) is 0 Å². The standard InChI is InChI=1S/C15H19F3N2O4S/c1-20(9-14(21)19-12-6-7-25(22,23)10-12)8-11-2-4-13(5-3-11)24-15(16,17)18/h2-5,12H,6-10H2,1H3,(H,19,21). The summed E-state index contributed by atoms with van der Waals surface area (Å²) in [6, 6.07) is 5.03. The van der Waals surface area contributed by atoms with Gasteiger partial charge in [0.05, 0.1) is 18.1 Å². The van der Waals surface area contributed by atoms with Gasteiger partial charge in [0.1, 0.15) is 5.75 Å². The Bertz CT molecular complexity index is 704. The highest BCUT2D eigenvalue weighted by atomic mass is 32.2. The number of hydrogen-bond donors (Lipinski definition) is 1. The van der Waals surface area contributed by atoms with Gasteiger partial charge in [-0.15, -0.1) is 13.2 Å². The van der Waals surface area contributed by atoms with Crippen molar-refractivity contribution in [3.63, 3.8) is 0 Å². The van der Waals surface area contributed by atoms with E-state index in [1.165, 1.54) is 24.3 Å². The van der Waals surface area contributed by atoms with Crippen molar-refractivity contribution in [2.45, 2.75) is 25.4 Å². The Hall–Kier alpha value is -1.81. The van der Waals surface area contributed by atoms with Crippen molar-refractivity contribution in [1.29, 1.82) is 0 Å². The number of likely N-dealkylation sites (N-methyl/N-ethyl adjacent to an activating group) is 1. The number of benzene rings is 1. The van der Waals surface area contributed by atoms with Crippen LogP contribution in [0.15, 0.2) is 24.3 Å². The van der Waals surface area contributed by atoms with E-state index in [-0.39, 0.29) is 35.7 Å². The molecule has 0 bridgehead atoms. The van der Waals surface area contributed by atoms with E-state index in [4.69, 9.17) is 0 Å². The average molecular weight is 380 g/mol. The van der Waals surface area contributed by atoms with Gasteiger partial charge in [0.25, 0.3) is 0 Å². The minimum absolute atomic E-state index is 0.0386. The Morgan fingerprint density at radius 1 is 1.32 bits per heavy atom. The molecular formula is C15H19F3N2O4S. The van der Waals surface area contributed by atoms with Crippen LogP contribution < -0.4 is 10.1 Å². The molecule has 1 unspecified atom stereocenters. The van der Waals surface area contributed by atoms with Gasteiger partial charge in [-0.2, -0.15) is 0 Å². The lowest BCUT2D eigenvalue weighted by molar-refractivity contribution is -0.274. The molecule has 6 nitrogen and oxygen atoms in total. The van der Waals surface area contributed by atoms with Crippen LogP contribution in [0.5, 0.6) is 5.75 Å². The summed E-state index contributed by atoms with van der Waals surface area (Å²) in [5, 5.41) is 2.68. The van der Waals surface area contributed by atoms with Gasteiger partial charge < -0.3 is 10.1 Å². The summed E-state index contributed by atoms with van der Waals surface area (Å²) in [5.74, 6) is -0.552. The number of ether oxygens (including phenoxy) is 1. The zero-order chi connectivity index (χ0) is 18.7. The fourth-order valence-electron chi connectivity index (χ4n) is 2.59. The number of hydrogen-bond acceptors (Lipinski definition) is 5. The highest BCUT2D eigenvalue weighted by Crippen LogP contribution is 2.23. The molecule has 0 aliphatic carbocycles. The first-order chi connectivity index (χ1) is 11.5. The number of halogens is 3. The molecule has 0 saturated carbocycles. The van der Waals surface area contributed by atoms with E-state index >= 15 is 0 Å². The first-order valence-electron chi connectivity index (χ1n) is 7.55. The molecule has 1 aromatic carbocycles. The largest absolute Gasteiger partial charge is 0.573 e. The third-order valence-corrected chi connectivity index (χ3v) is 5.39. The van der Waals surface area contributed by atoms with Crippen LogP contribution in [0.3, 0.4) is 0 Å². The van der Waals surface area contributed by atoms with Crippen molar-refractivity contribution < 1.29 is 31.1 Å². The first kappa shape index (κ1) is 19.5. The van der Waals surface area contributed by atoms with Crippen LogP contribution in [0.2, 0.25) is 0 Å². The zero-order valence-electron chi connectivity index (χ0n) is 13.5. The second-order valence-electron chi connectivity index (χ2n) is 6.03. The first-order valence-corrected chi connectivity index (χ1v) is 9.37. The molecule has 1 N–H and O–H groups in total. The minimum atomic E-state index is -4.73. The fraction of sp³-hybridized carbons (Fsp3) is 0.533. The lowest BCUT2D eigenvalue weighted by atomic mass is 10.2. The summed E-state index contributed by atoms with van der Waals surface area (Å²) in [7, 11) is -1.37. The zero-order valence-corrected chi connectivity index (χ0v) is 14.4. The number of carbonyl (C=O) groups is 1. The molecule has 140 valence electrons. The van der Waals surface area contributed by atoms with E-state index in [9.17, 15) is 26.4 Å². The second kappa shape index (κ2) is 7.61. The average Bonchev–Trinajstić information content (AvgIpc) is 2.78. The van der Waals surface area contributed by atoms with E-state index in [2.05, 4.69) is 10.1 Å². The smallest absolute Gasteiger partial charge is 0.406 e. The molecule has 0 radical (unpaired) electrons. The third-order valence-electron chi connectivity index (χ3n) is 3.62. The quantitative estimate of drug-likeness (QED) is 0.806. The number of alkyl halides is 3. The van der Waals surface area contributed by atoms with Gasteiger partial charge in [0.15, 0.2) is 9.84 Å². The predicted molar refractivity (Wildman–Crippen MR) is 84.7 cm³/mol. The Kier molecular flexibility index (Phi) is 5.94. The van der Waals surface area contributed by atoms with E-state index in [1.54, 1.807) is 11.9 Å². The van der Waals surface area contributed by atoms with Gasteiger partial charge in [-0.05, 0) is 31.2 Å². The number of nitrogens with one attached hydrogen (secondary N) is 1. The fourth-order valence-corrected chi connectivity index (χ4v) is 4.26. The predicted octanol–water partition coefficient (Wildman–Crippen LogP) is 1.32. The molecule has 1 fully saturated rings. The molecule has 25 heavy (non-hydrogen) atoms. The molecule has 1 aliphatic heterocycles. The maximum absolute atomic E-state index is 12.1. The maximum atomic E-state index is 12.1. The number of carbonyl (C=O) groups excluding carboxylic acids is 1. The Balaban J connectivity index is 1.79. The van der Waals surface area contributed by atoms with Gasteiger partial charge in [0.2, 0.25) is 5.91 Å². The Morgan fingerprint density at radius 3 is 2.48 bits per heavy atom. The van der Waals surface area contributed by atoms with Crippen molar-refractivity contribution in [1.82, 2.24) is 10.2 Å². The van der Waals surface area contributed by atoms with Crippen molar-refractivity contribution in [3.8, 4) is 5.75 Å². The van der Waals surface area contributed by atoms with Gasteiger partial charge in [-0.1, -0.05) is 12.1 Å². The second-order valence-corrected chi connectivity index (χ2v) is 8.26. The van der Waals surface area contributed by atoms with Gasteiger partial charge >= 0.3 is 6.36 Å². The molecule has 1 saturated heterocycles. The lowest BCUT2D eigenvalue weighted by Crippen LogP contribution is -2.41. The molecule has 1 aliphatic rings. The lowest BCUT2D eigenvalue weighted by Gasteiger charge is -2.18. The van der Waals surface area contributed by atoms with Crippen LogP contribution in [-0.4, -0.2) is 56.7 Å². The van der Waals surface area contributed by atoms with Crippen LogP contribution in [-0.2, 0) is 21.2 Å². The number of nitrogens with zero attached hydrogens (tertiary/aromatic N) is 1. The maximum Gasteiger partial charge on any atom is 0.573 e. The molecule has 2 rings (SSSR count). The molecule has 1 atom stereocenters. The van der Waals surface area contributed by atoms with Gasteiger partial charge in [-0.25, -0.2) is 8.42 Å².